The van der Waals surface area contributed by atoms with Crippen LogP contribution in [-0.4, -0.2) is 10.9 Å². The highest BCUT2D eigenvalue weighted by Crippen LogP contribution is 2.32. The van der Waals surface area contributed by atoms with Crippen molar-refractivity contribution >= 4 is 45.3 Å². The van der Waals surface area contributed by atoms with Crippen LogP contribution in [0.1, 0.15) is 15.9 Å². The Morgan fingerprint density at radius 3 is 2.62 bits per heavy atom. The maximum atomic E-state index is 12.1. The first-order valence-electron chi connectivity index (χ1n) is 6.21. The highest BCUT2D eigenvalue weighted by Gasteiger charge is 2.11. The number of aryl methyl sites for hydroxylation is 1. The molecule has 0 unspecified atom stereocenters. The van der Waals surface area contributed by atoms with Gasteiger partial charge in [-0.3, -0.25) is 10.1 Å². The van der Waals surface area contributed by atoms with Crippen molar-refractivity contribution in [1.82, 2.24) is 4.98 Å². The summed E-state index contributed by atoms with van der Waals surface area (Å²) in [7, 11) is 0. The molecule has 0 radical (unpaired) electrons. The molecule has 106 valence electrons. The molecule has 0 bridgehead atoms. The quantitative estimate of drug-likeness (QED) is 0.725. The van der Waals surface area contributed by atoms with Crippen molar-refractivity contribution < 1.29 is 4.79 Å². The lowest BCUT2D eigenvalue weighted by atomic mass is 10.1. The van der Waals surface area contributed by atoms with E-state index in [-0.39, 0.29) is 5.91 Å². The monoisotopic (exact) mass is 334 g/mol. The number of nitrogens with one attached hydrogen (secondary N) is 1. The summed E-state index contributed by atoms with van der Waals surface area (Å²) in [6.07, 6.45) is 0. The first-order chi connectivity index (χ1) is 10.1. The van der Waals surface area contributed by atoms with E-state index in [1.54, 1.807) is 12.1 Å². The van der Waals surface area contributed by atoms with Crippen molar-refractivity contribution in [3.8, 4) is 10.6 Å². The van der Waals surface area contributed by atoms with Crippen molar-refractivity contribution in [2.45, 2.75) is 6.92 Å². The molecule has 2 aromatic heterocycles. The molecule has 0 saturated heterocycles. The highest BCUT2D eigenvalue weighted by atomic mass is 35.5. The molecule has 1 amide bonds. The van der Waals surface area contributed by atoms with Gasteiger partial charge in [-0.05, 0) is 31.2 Å². The van der Waals surface area contributed by atoms with E-state index in [2.05, 4.69) is 10.3 Å². The lowest BCUT2D eigenvalue weighted by Gasteiger charge is -2.01. The molecular formula is C15H11ClN2OS2. The van der Waals surface area contributed by atoms with Crippen molar-refractivity contribution in [3.63, 3.8) is 0 Å². The minimum atomic E-state index is -0.153. The Kier molecular flexibility index (Phi) is 4.05. The molecule has 0 fully saturated rings. The van der Waals surface area contributed by atoms with Gasteiger partial charge in [0.2, 0.25) is 0 Å². The van der Waals surface area contributed by atoms with Gasteiger partial charge in [0.1, 0.15) is 0 Å². The Balaban J connectivity index is 1.75. The van der Waals surface area contributed by atoms with Gasteiger partial charge < -0.3 is 0 Å². The molecule has 2 heterocycles. The molecule has 3 aromatic rings. The number of thiazole rings is 1. The van der Waals surface area contributed by atoms with Crippen LogP contribution in [0.3, 0.4) is 0 Å². The standard InChI is InChI=1S/C15H11ClN2OS2/c1-9-2-4-10(5-3-9)14(19)18-15-17-11(8-20-15)12-6-7-13(16)21-12/h2-8H,1H3,(H,17,18,19). The molecule has 0 aliphatic carbocycles. The van der Waals surface area contributed by atoms with Crippen LogP contribution in [0.5, 0.6) is 0 Å². The number of halogens is 1. The van der Waals surface area contributed by atoms with E-state index in [4.69, 9.17) is 11.6 Å². The minimum Gasteiger partial charge on any atom is -0.298 e. The summed E-state index contributed by atoms with van der Waals surface area (Å²) in [5, 5.41) is 5.31. The molecule has 3 rings (SSSR count). The third kappa shape index (κ3) is 3.32. The number of rotatable bonds is 3. The third-order valence-corrected chi connectivity index (χ3v) is 4.88. The Labute approximate surface area is 135 Å². The lowest BCUT2D eigenvalue weighted by molar-refractivity contribution is 0.102. The van der Waals surface area contributed by atoms with Gasteiger partial charge in [0.05, 0.1) is 14.9 Å². The topological polar surface area (TPSA) is 42.0 Å². The predicted octanol–water partition coefficient (Wildman–Crippen LogP) is 5.09. The molecule has 0 aliphatic rings. The number of anilines is 1. The number of carbonyl (C=O) groups is 1. The molecule has 0 saturated carbocycles. The SMILES string of the molecule is Cc1ccc(C(=O)Nc2nc(-c3ccc(Cl)s3)cs2)cc1. The number of hydrogen-bond acceptors (Lipinski definition) is 4. The minimum absolute atomic E-state index is 0.153. The summed E-state index contributed by atoms with van der Waals surface area (Å²) < 4.78 is 0.725. The van der Waals surface area contributed by atoms with Gasteiger partial charge in [0.15, 0.2) is 5.13 Å². The van der Waals surface area contributed by atoms with Crippen molar-refractivity contribution in [3.05, 3.63) is 57.2 Å². The van der Waals surface area contributed by atoms with Gasteiger partial charge in [-0.1, -0.05) is 29.3 Å². The molecule has 0 aliphatic heterocycles. The summed E-state index contributed by atoms with van der Waals surface area (Å²) in [5.74, 6) is -0.153. The van der Waals surface area contributed by atoms with E-state index in [1.807, 2.05) is 36.6 Å². The first-order valence-corrected chi connectivity index (χ1v) is 8.28. The Hall–Kier alpha value is -1.69. The van der Waals surface area contributed by atoms with Crippen LogP contribution in [0.15, 0.2) is 41.8 Å². The summed E-state index contributed by atoms with van der Waals surface area (Å²) in [6, 6.07) is 11.2. The van der Waals surface area contributed by atoms with Gasteiger partial charge in [-0.25, -0.2) is 4.98 Å². The number of aromatic nitrogens is 1. The Bertz CT molecular complexity index is 777. The van der Waals surface area contributed by atoms with Crippen LogP contribution in [0.2, 0.25) is 4.34 Å². The summed E-state index contributed by atoms with van der Waals surface area (Å²) in [6.45, 7) is 1.99. The molecule has 1 N–H and O–H groups in total. The largest absolute Gasteiger partial charge is 0.298 e. The number of hydrogen-bond donors (Lipinski definition) is 1. The van der Waals surface area contributed by atoms with Crippen LogP contribution in [0, 0.1) is 6.92 Å². The zero-order chi connectivity index (χ0) is 14.8. The normalized spacial score (nSPS) is 10.6. The van der Waals surface area contributed by atoms with Crippen molar-refractivity contribution in [2.75, 3.05) is 5.32 Å². The van der Waals surface area contributed by atoms with Gasteiger partial charge in [0, 0.05) is 10.9 Å². The number of thiophene rings is 1. The maximum absolute atomic E-state index is 12.1. The van der Waals surface area contributed by atoms with Crippen LogP contribution >= 0.6 is 34.3 Å². The molecule has 21 heavy (non-hydrogen) atoms. The highest BCUT2D eigenvalue weighted by molar-refractivity contribution is 7.20. The second-order valence-corrected chi connectivity index (χ2v) is 7.03. The molecule has 1 aromatic carbocycles. The fourth-order valence-electron chi connectivity index (χ4n) is 1.77. The predicted molar refractivity (Wildman–Crippen MR) is 89.6 cm³/mol. The summed E-state index contributed by atoms with van der Waals surface area (Å²) in [5.41, 5.74) is 2.57. The average Bonchev–Trinajstić information content (AvgIpc) is 3.08. The fourth-order valence-corrected chi connectivity index (χ4v) is 3.55. The second kappa shape index (κ2) is 5.97. The molecule has 0 spiro atoms. The van der Waals surface area contributed by atoms with Crippen LogP contribution in [0.25, 0.3) is 10.6 Å². The first kappa shape index (κ1) is 14.3. The molecule has 0 atom stereocenters. The maximum Gasteiger partial charge on any atom is 0.257 e. The smallest absolute Gasteiger partial charge is 0.257 e. The lowest BCUT2D eigenvalue weighted by Crippen LogP contribution is -2.11. The summed E-state index contributed by atoms with van der Waals surface area (Å²) in [4.78, 5) is 17.5. The zero-order valence-corrected chi connectivity index (χ0v) is 13.5. The molecule has 6 heteroatoms. The van der Waals surface area contributed by atoms with Crippen LogP contribution in [-0.2, 0) is 0 Å². The van der Waals surface area contributed by atoms with E-state index in [9.17, 15) is 4.79 Å². The third-order valence-electron chi connectivity index (χ3n) is 2.86. The van der Waals surface area contributed by atoms with Crippen LogP contribution < -0.4 is 5.32 Å². The Morgan fingerprint density at radius 2 is 1.95 bits per heavy atom. The van der Waals surface area contributed by atoms with E-state index >= 15 is 0 Å². The van der Waals surface area contributed by atoms with Crippen molar-refractivity contribution in [2.24, 2.45) is 0 Å². The Morgan fingerprint density at radius 1 is 1.19 bits per heavy atom. The number of amides is 1. The zero-order valence-electron chi connectivity index (χ0n) is 11.1. The number of nitrogens with zero attached hydrogens (tertiary/aromatic N) is 1. The number of benzene rings is 1. The summed E-state index contributed by atoms with van der Waals surface area (Å²) >= 11 is 8.79. The van der Waals surface area contributed by atoms with E-state index in [0.717, 1.165) is 20.5 Å². The van der Waals surface area contributed by atoms with Gasteiger partial charge in [0.25, 0.3) is 5.91 Å². The molecule has 3 nitrogen and oxygen atoms in total. The van der Waals surface area contributed by atoms with Gasteiger partial charge >= 0.3 is 0 Å². The van der Waals surface area contributed by atoms with E-state index in [0.29, 0.717) is 10.7 Å². The van der Waals surface area contributed by atoms with Crippen LogP contribution in [0.4, 0.5) is 5.13 Å². The van der Waals surface area contributed by atoms with Gasteiger partial charge in [-0.15, -0.1) is 22.7 Å². The second-order valence-electron chi connectivity index (χ2n) is 4.46. The van der Waals surface area contributed by atoms with Gasteiger partial charge in [-0.2, -0.15) is 0 Å². The average molecular weight is 335 g/mol. The van der Waals surface area contributed by atoms with Crippen molar-refractivity contribution in [1.29, 1.82) is 0 Å². The fraction of sp³-hybridized carbons (Fsp3) is 0.0667. The van der Waals surface area contributed by atoms with E-state index in [1.165, 1.54) is 22.7 Å². The molecular weight excluding hydrogens is 324 g/mol. The number of carbonyl (C=O) groups excluding carboxylic acids is 1. The van der Waals surface area contributed by atoms with E-state index < -0.39 is 0 Å².